The first-order chi connectivity index (χ1) is 10.8. The molecule has 0 aromatic carbocycles. The second kappa shape index (κ2) is 7.64. The zero-order chi connectivity index (χ0) is 17.0. The summed E-state index contributed by atoms with van der Waals surface area (Å²) in [6.45, 7) is 1.62. The van der Waals surface area contributed by atoms with Crippen LogP contribution in [0.2, 0.25) is 0 Å². The second-order valence-corrected chi connectivity index (χ2v) is 8.97. The molecule has 2 aliphatic rings. The Labute approximate surface area is 138 Å². The van der Waals surface area contributed by atoms with E-state index in [9.17, 15) is 18.0 Å². The lowest BCUT2D eigenvalue weighted by Gasteiger charge is -2.32. The lowest BCUT2D eigenvalue weighted by molar-refractivity contribution is -0.153. The quantitative estimate of drug-likeness (QED) is 0.682. The van der Waals surface area contributed by atoms with Crippen molar-refractivity contribution in [1.29, 1.82) is 0 Å². The number of amides is 1. The van der Waals surface area contributed by atoms with Crippen LogP contribution in [0.1, 0.15) is 51.9 Å². The van der Waals surface area contributed by atoms with Gasteiger partial charge in [-0.25, -0.2) is 13.2 Å². The van der Waals surface area contributed by atoms with E-state index in [1.54, 1.807) is 6.92 Å². The fourth-order valence-corrected chi connectivity index (χ4v) is 5.48. The van der Waals surface area contributed by atoms with Gasteiger partial charge in [-0.15, -0.1) is 0 Å². The van der Waals surface area contributed by atoms with E-state index in [1.807, 2.05) is 0 Å². The van der Waals surface area contributed by atoms with Gasteiger partial charge >= 0.3 is 5.97 Å². The molecule has 2 fully saturated rings. The van der Waals surface area contributed by atoms with E-state index in [4.69, 9.17) is 4.74 Å². The Morgan fingerprint density at radius 2 is 1.87 bits per heavy atom. The largest absolute Gasteiger partial charge is 0.467 e. The molecule has 1 saturated heterocycles. The summed E-state index contributed by atoms with van der Waals surface area (Å²) >= 11 is 0. The summed E-state index contributed by atoms with van der Waals surface area (Å²) < 4.78 is 28.2. The standard InChI is InChI=1S/C16H27NO5S/c1-12(16(19)22-2)17(14-9-10-23(20,21)11-14)15(18)8-7-13-5-3-4-6-13/h12-14H,3-11H2,1-2H3/t12-,14+/m1/s1. The lowest BCUT2D eigenvalue weighted by atomic mass is 10.0. The maximum atomic E-state index is 12.7. The number of hydrogen-bond acceptors (Lipinski definition) is 5. The van der Waals surface area contributed by atoms with Gasteiger partial charge in [0.25, 0.3) is 0 Å². The first kappa shape index (κ1) is 18.2. The highest BCUT2D eigenvalue weighted by Crippen LogP contribution is 2.29. The van der Waals surface area contributed by atoms with E-state index in [0.29, 0.717) is 18.8 Å². The number of nitrogens with zero attached hydrogens (tertiary/aromatic N) is 1. The molecule has 0 spiro atoms. The van der Waals surface area contributed by atoms with Gasteiger partial charge in [-0.3, -0.25) is 4.79 Å². The number of methoxy groups -OCH3 is 1. The maximum Gasteiger partial charge on any atom is 0.328 e. The van der Waals surface area contributed by atoms with Gasteiger partial charge in [-0.2, -0.15) is 0 Å². The van der Waals surface area contributed by atoms with Crippen molar-refractivity contribution in [1.82, 2.24) is 4.90 Å². The molecule has 132 valence electrons. The molecule has 1 aliphatic carbocycles. The van der Waals surface area contributed by atoms with Gasteiger partial charge in [0.15, 0.2) is 9.84 Å². The van der Waals surface area contributed by atoms with Crippen LogP contribution in [0.25, 0.3) is 0 Å². The molecule has 2 rings (SSSR count). The van der Waals surface area contributed by atoms with E-state index in [2.05, 4.69) is 0 Å². The van der Waals surface area contributed by atoms with Crippen molar-refractivity contribution < 1.29 is 22.7 Å². The molecule has 1 amide bonds. The molecule has 23 heavy (non-hydrogen) atoms. The smallest absolute Gasteiger partial charge is 0.328 e. The van der Waals surface area contributed by atoms with Crippen LogP contribution in [-0.4, -0.2) is 55.9 Å². The molecule has 0 N–H and O–H groups in total. The summed E-state index contributed by atoms with van der Waals surface area (Å²) in [6, 6.07) is -1.15. The fourth-order valence-electron chi connectivity index (χ4n) is 3.77. The van der Waals surface area contributed by atoms with Crippen molar-refractivity contribution in [3.63, 3.8) is 0 Å². The summed E-state index contributed by atoms with van der Waals surface area (Å²) in [5.74, 6) is -0.0106. The number of carbonyl (C=O) groups excluding carboxylic acids is 2. The summed E-state index contributed by atoms with van der Waals surface area (Å²) in [5, 5.41) is 0. The average molecular weight is 345 g/mol. The Morgan fingerprint density at radius 1 is 1.22 bits per heavy atom. The Bertz CT molecular complexity index is 539. The molecule has 0 unspecified atom stereocenters. The molecular formula is C16H27NO5S. The Morgan fingerprint density at radius 3 is 2.39 bits per heavy atom. The van der Waals surface area contributed by atoms with Gasteiger partial charge in [-0.05, 0) is 25.7 Å². The van der Waals surface area contributed by atoms with Crippen LogP contribution in [0.5, 0.6) is 0 Å². The highest BCUT2D eigenvalue weighted by Gasteiger charge is 2.39. The minimum atomic E-state index is -3.12. The summed E-state index contributed by atoms with van der Waals surface area (Å²) in [7, 11) is -1.83. The van der Waals surface area contributed by atoms with E-state index >= 15 is 0 Å². The Kier molecular flexibility index (Phi) is 6.06. The van der Waals surface area contributed by atoms with E-state index < -0.39 is 27.9 Å². The SMILES string of the molecule is COC(=O)[C@@H](C)N(C(=O)CCC1CCCC1)[C@H]1CCS(=O)(=O)C1. The number of hydrogen-bond donors (Lipinski definition) is 0. The third-order valence-electron chi connectivity index (χ3n) is 5.09. The number of ether oxygens (including phenoxy) is 1. The van der Waals surface area contributed by atoms with Crippen molar-refractivity contribution in [2.45, 2.75) is 64.0 Å². The Balaban J connectivity index is 2.05. The zero-order valence-corrected chi connectivity index (χ0v) is 14.8. The summed E-state index contributed by atoms with van der Waals surface area (Å²) in [6.07, 6.45) is 6.38. The van der Waals surface area contributed by atoms with Gasteiger partial charge in [-0.1, -0.05) is 25.7 Å². The number of carbonyl (C=O) groups is 2. The van der Waals surface area contributed by atoms with Gasteiger partial charge in [0.05, 0.1) is 18.6 Å². The van der Waals surface area contributed by atoms with Crippen LogP contribution in [0.3, 0.4) is 0 Å². The van der Waals surface area contributed by atoms with Crippen molar-refractivity contribution in [3.8, 4) is 0 Å². The molecule has 1 saturated carbocycles. The van der Waals surface area contributed by atoms with E-state index in [-0.39, 0.29) is 17.4 Å². The number of rotatable bonds is 6. The van der Waals surface area contributed by atoms with Crippen LogP contribution < -0.4 is 0 Å². The first-order valence-electron chi connectivity index (χ1n) is 8.43. The third kappa shape index (κ3) is 4.68. The molecule has 1 heterocycles. The van der Waals surface area contributed by atoms with Gasteiger partial charge in [0.1, 0.15) is 6.04 Å². The highest BCUT2D eigenvalue weighted by atomic mass is 32.2. The van der Waals surface area contributed by atoms with Crippen molar-refractivity contribution in [2.75, 3.05) is 18.6 Å². The molecule has 2 atom stereocenters. The lowest BCUT2D eigenvalue weighted by Crippen LogP contribution is -2.50. The molecule has 1 aliphatic heterocycles. The van der Waals surface area contributed by atoms with Crippen LogP contribution in [0.4, 0.5) is 0 Å². The molecule has 0 aromatic heterocycles. The van der Waals surface area contributed by atoms with E-state index in [1.165, 1.54) is 24.9 Å². The first-order valence-corrected chi connectivity index (χ1v) is 10.3. The van der Waals surface area contributed by atoms with Gasteiger partial charge in [0.2, 0.25) is 5.91 Å². The fraction of sp³-hybridized carbons (Fsp3) is 0.875. The van der Waals surface area contributed by atoms with Crippen molar-refractivity contribution >= 4 is 21.7 Å². The average Bonchev–Trinajstić information content (AvgIpc) is 3.14. The van der Waals surface area contributed by atoms with E-state index in [0.717, 1.165) is 19.3 Å². The predicted molar refractivity (Wildman–Crippen MR) is 86.6 cm³/mol. The van der Waals surface area contributed by atoms with Crippen LogP contribution >= 0.6 is 0 Å². The van der Waals surface area contributed by atoms with Crippen LogP contribution in [0, 0.1) is 5.92 Å². The van der Waals surface area contributed by atoms with Crippen LogP contribution in [-0.2, 0) is 24.2 Å². The number of esters is 1. The molecule has 6 nitrogen and oxygen atoms in total. The molecule has 0 radical (unpaired) electrons. The summed E-state index contributed by atoms with van der Waals surface area (Å²) in [4.78, 5) is 26.0. The van der Waals surface area contributed by atoms with Crippen molar-refractivity contribution in [3.05, 3.63) is 0 Å². The molecule has 7 heteroatoms. The van der Waals surface area contributed by atoms with Crippen LogP contribution in [0.15, 0.2) is 0 Å². The maximum absolute atomic E-state index is 12.7. The zero-order valence-electron chi connectivity index (χ0n) is 14.0. The highest BCUT2D eigenvalue weighted by molar-refractivity contribution is 7.91. The third-order valence-corrected chi connectivity index (χ3v) is 6.84. The normalized spacial score (nSPS) is 25.2. The Hall–Kier alpha value is -1.11. The summed E-state index contributed by atoms with van der Waals surface area (Å²) in [5.41, 5.74) is 0. The minimum absolute atomic E-state index is 0.0521. The monoisotopic (exact) mass is 345 g/mol. The predicted octanol–water partition coefficient (Wildman–Crippen LogP) is 1.53. The van der Waals surface area contributed by atoms with Crippen molar-refractivity contribution in [2.24, 2.45) is 5.92 Å². The van der Waals surface area contributed by atoms with Gasteiger partial charge < -0.3 is 9.64 Å². The van der Waals surface area contributed by atoms with Gasteiger partial charge in [0, 0.05) is 12.5 Å². The molecule has 0 bridgehead atoms. The number of sulfone groups is 1. The topological polar surface area (TPSA) is 80.8 Å². The second-order valence-electron chi connectivity index (χ2n) is 6.75. The molecular weight excluding hydrogens is 318 g/mol. The molecule has 0 aromatic rings. The minimum Gasteiger partial charge on any atom is -0.467 e.